The highest BCUT2D eigenvalue weighted by Gasteiger charge is 2.14. The van der Waals surface area contributed by atoms with Crippen molar-refractivity contribution in [3.8, 4) is 0 Å². The van der Waals surface area contributed by atoms with Crippen LogP contribution in [0.1, 0.15) is 30.0 Å². The third-order valence-corrected chi connectivity index (χ3v) is 2.90. The summed E-state index contributed by atoms with van der Waals surface area (Å²) in [5.41, 5.74) is 1.22. The molecule has 0 radical (unpaired) electrons. The molecular weight excluding hydrogens is 214 g/mol. The highest BCUT2D eigenvalue weighted by atomic mass is 16.3. The van der Waals surface area contributed by atoms with Crippen molar-refractivity contribution in [1.29, 1.82) is 0 Å². The highest BCUT2D eigenvalue weighted by molar-refractivity contribution is 5.14. The molecule has 2 rings (SSSR count). The van der Waals surface area contributed by atoms with Crippen LogP contribution in [-0.4, -0.2) is 16.8 Å². The molecule has 0 aromatic carbocycles. The van der Waals surface area contributed by atoms with Crippen LogP contribution in [0.5, 0.6) is 0 Å². The maximum atomic E-state index is 5.65. The Bertz CT molecular complexity index is 472. The third-order valence-electron chi connectivity index (χ3n) is 2.90. The van der Waals surface area contributed by atoms with Gasteiger partial charge in [-0.15, -0.1) is 0 Å². The molecule has 4 nitrogen and oxygen atoms in total. The molecule has 0 amide bonds. The van der Waals surface area contributed by atoms with Crippen LogP contribution in [0.3, 0.4) is 0 Å². The molecule has 1 atom stereocenters. The van der Waals surface area contributed by atoms with E-state index in [0.29, 0.717) is 0 Å². The number of nitrogens with zero attached hydrogens (tertiary/aromatic N) is 2. The summed E-state index contributed by atoms with van der Waals surface area (Å²) in [6.07, 6.45) is 4.90. The number of nitrogens with one attached hydrogen (secondary N) is 1. The molecule has 0 aliphatic carbocycles. The van der Waals surface area contributed by atoms with Gasteiger partial charge in [-0.3, -0.25) is 4.68 Å². The molecule has 1 unspecified atom stereocenters. The first-order valence-corrected chi connectivity index (χ1v) is 5.98. The average Bonchev–Trinajstić information content (AvgIpc) is 2.94. The number of aromatic nitrogens is 2. The van der Waals surface area contributed by atoms with Crippen LogP contribution in [0.25, 0.3) is 0 Å². The molecule has 2 aromatic rings. The molecule has 0 spiro atoms. The minimum atomic E-state index is 0.207. The van der Waals surface area contributed by atoms with E-state index in [0.717, 1.165) is 24.5 Å². The molecule has 0 saturated carbocycles. The molecule has 17 heavy (non-hydrogen) atoms. The van der Waals surface area contributed by atoms with Crippen molar-refractivity contribution < 1.29 is 4.42 Å². The Morgan fingerprint density at radius 1 is 1.47 bits per heavy atom. The van der Waals surface area contributed by atoms with Crippen LogP contribution in [0.4, 0.5) is 0 Å². The molecule has 0 aliphatic heterocycles. The van der Waals surface area contributed by atoms with Gasteiger partial charge in [0, 0.05) is 12.7 Å². The van der Waals surface area contributed by atoms with Crippen molar-refractivity contribution in [3.05, 3.63) is 41.6 Å². The monoisotopic (exact) mass is 233 g/mol. The lowest BCUT2D eigenvalue weighted by Gasteiger charge is -2.12. The number of hydrogen-bond acceptors (Lipinski definition) is 3. The van der Waals surface area contributed by atoms with Gasteiger partial charge in [0.2, 0.25) is 0 Å². The second kappa shape index (κ2) is 5.19. The van der Waals surface area contributed by atoms with Gasteiger partial charge in [-0.1, -0.05) is 0 Å². The SMILES string of the molecule is CCn1cc(CC(NC)c2ccc(C)o2)cn1. The number of hydrogen-bond donors (Lipinski definition) is 1. The van der Waals surface area contributed by atoms with Gasteiger partial charge in [0.25, 0.3) is 0 Å². The Kier molecular flexibility index (Phi) is 3.64. The van der Waals surface area contributed by atoms with Gasteiger partial charge in [0.15, 0.2) is 0 Å². The van der Waals surface area contributed by atoms with Crippen molar-refractivity contribution in [3.63, 3.8) is 0 Å². The summed E-state index contributed by atoms with van der Waals surface area (Å²) < 4.78 is 7.59. The van der Waals surface area contributed by atoms with E-state index in [1.807, 2.05) is 37.0 Å². The minimum Gasteiger partial charge on any atom is -0.465 e. The Hall–Kier alpha value is -1.55. The molecule has 92 valence electrons. The zero-order chi connectivity index (χ0) is 12.3. The quantitative estimate of drug-likeness (QED) is 0.861. The number of furan rings is 1. The van der Waals surface area contributed by atoms with Crippen LogP contribution in [0, 0.1) is 6.92 Å². The lowest BCUT2D eigenvalue weighted by Crippen LogP contribution is -2.18. The first-order valence-electron chi connectivity index (χ1n) is 5.98. The topological polar surface area (TPSA) is 43.0 Å². The van der Waals surface area contributed by atoms with E-state index in [9.17, 15) is 0 Å². The zero-order valence-corrected chi connectivity index (χ0v) is 10.6. The minimum absolute atomic E-state index is 0.207. The fraction of sp³-hybridized carbons (Fsp3) is 0.462. The number of rotatable bonds is 5. The molecule has 0 saturated heterocycles. The smallest absolute Gasteiger partial charge is 0.121 e. The Morgan fingerprint density at radius 3 is 2.82 bits per heavy atom. The van der Waals surface area contributed by atoms with E-state index in [4.69, 9.17) is 4.42 Å². The van der Waals surface area contributed by atoms with E-state index < -0.39 is 0 Å². The van der Waals surface area contributed by atoms with Gasteiger partial charge in [0.1, 0.15) is 11.5 Å². The molecule has 0 fully saturated rings. The van der Waals surface area contributed by atoms with E-state index in [1.165, 1.54) is 5.56 Å². The highest BCUT2D eigenvalue weighted by Crippen LogP contribution is 2.20. The fourth-order valence-corrected chi connectivity index (χ4v) is 1.91. The standard InChI is InChI=1S/C13H19N3O/c1-4-16-9-11(8-15-16)7-12(14-3)13-6-5-10(2)17-13/h5-6,8-9,12,14H,4,7H2,1-3H3. The number of likely N-dealkylation sites (N-methyl/N-ethyl adjacent to an activating group) is 1. The summed E-state index contributed by atoms with van der Waals surface area (Å²) >= 11 is 0. The Balaban J connectivity index is 2.09. The van der Waals surface area contributed by atoms with Crippen LogP contribution in [0.2, 0.25) is 0 Å². The van der Waals surface area contributed by atoms with Gasteiger partial charge in [0.05, 0.1) is 12.2 Å². The second-order valence-corrected chi connectivity index (χ2v) is 4.20. The van der Waals surface area contributed by atoms with Gasteiger partial charge in [-0.2, -0.15) is 5.10 Å². The van der Waals surface area contributed by atoms with Crippen molar-refractivity contribution in [2.75, 3.05) is 7.05 Å². The first-order chi connectivity index (χ1) is 8.22. The Labute approximate surface area is 102 Å². The van der Waals surface area contributed by atoms with E-state index in [1.54, 1.807) is 0 Å². The summed E-state index contributed by atoms with van der Waals surface area (Å²) in [6, 6.07) is 4.23. The molecule has 2 heterocycles. The molecular formula is C13H19N3O. The predicted octanol–water partition coefficient (Wildman–Crippen LogP) is 2.31. The summed E-state index contributed by atoms with van der Waals surface area (Å²) in [4.78, 5) is 0. The Morgan fingerprint density at radius 2 is 2.29 bits per heavy atom. The molecule has 4 heteroatoms. The third kappa shape index (κ3) is 2.77. The van der Waals surface area contributed by atoms with Crippen LogP contribution in [-0.2, 0) is 13.0 Å². The van der Waals surface area contributed by atoms with E-state index in [2.05, 4.69) is 23.5 Å². The fourth-order valence-electron chi connectivity index (χ4n) is 1.91. The number of aryl methyl sites for hydroxylation is 2. The normalized spacial score (nSPS) is 12.9. The summed E-state index contributed by atoms with van der Waals surface area (Å²) in [7, 11) is 1.95. The first kappa shape index (κ1) is 11.9. The van der Waals surface area contributed by atoms with Crippen molar-refractivity contribution >= 4 is 0 Å². The summed E-state index contributed by atoms with van der Waals surface area (Å²) in [5, 5.41) is 7.56. The summed E-state index contributed by atoms with van der Waals surface area (Å²) in [6.45, 7) is 4.96. The summed E-state index contributed by atoms with van der Waals surface area (Å²) in [5.74, 6) is 1.93. The maximum absolute atomic E-state index is 5.65. The lowest BCUT2D eigenvalue weighted by atomic mass is 10.1. The largest absolute Gasteiger partial charge is 0.465 e. The van der Waals surface area contributed by atoms with Gasteiger partial charge in [-0.05, 0) is 45.0 Å². The second-order valence-electron chi connectivity index (χ2n) is 4.20. The van der Waals surface area contributed by atoms with Crippen molar-refractivity contribution in [2.24, 2.45) is 0 Å². The van der Waals surface area contributed by atoms with Crippen molar-refractivity contribution in [2.45, 2.75) is 32.9 Å². The predicted molar refractivity (Wildman–Crippen MR) is 66.9 cm³/mol. The zero-order valence-electron chi connectivity index (χ0n) is 10.6. The van der Waals surface area contributed by atoms with Gasteiger partial charge in [-0.25, -0.2) is 0 Å². The van der Waals surface area contributed by atoms with E-state index in [-0.39, 0.29) is 6.04 Å². The van der Waals surface area contributed by atoms with Crippen LogP contribution >= 0.6 is 0 Å². The molecule has 0 aliphatic rings. The average molecular weight is 233 g/mol. The lowest BCUT2D eigenvalue weighted by molar-refractivity contribution is 0.414. The molecule has 0 bridgehead atoms. The molecule has 1 N–H and O–H groups in total. The van der Waals surface area contributed by atoms with Crippen molar-refractivity contribution in [1.82, 2.24) is 15.1 Å². The van der Waals surface area contributed by atoms with Gasteiger partial charge >= 0.3 is 0 Å². The van der Waals surface area contributed by atoms with Gasteiger partial charge < -0.3 is 9.73 Å². The maximum Gasteiger partial charge on any atom is 0.121 e. The van der Waals surface area contributed by atoms with E-state index >= 15 is 0 Å². The van der Waals surface area contributed by atoms with Crippen LogP contribution in [0.15, 0.2) is 28.9 Å². The van der Waals surface area contributed by atoms with Crippen LogP contribution < -0.4 is 5.32 Å². The molecule has 2 aromatic heterocycles.